The summed E-state index contributed by atoms with van der Waals surface area (Å²) in [4.78, 5) is 1.29. The first kappa shape index (κ1) is 10.5. The Labute approximate surface area is 101 Å². The highest BCUT2D eigenvalue weighted by Gasteiger charge is 2.34. The molecule has 0 atom stereocenters. The molecular formula is C13H17NOS. The normalized spacial score (nSPS) is 21.8. The number of hydrogen-bond donors (Lipinski definition) is 1. The molecule has 1 heterocycles. The molecule has 86 valence electrons. The second-order valence-corrected chi connectivity index (χ2v) is 5.72. The van der Waals surface area contributed by atoms with E-state index in [1.54, 1.807) is 11.8 Å². The van der Waals surface area contributed by atoms with E-state index in [1.165, 1.54) is 36.1 Å². The monoisotopic (exact) mass is 235 g/mol. The van der Waals surface area contributed by atoms with E-state index in [0.29, 0.717) is 0 Å². The van der Waals surface area contributed by atoms with Crippen molar-refractivity contribution in [2.45, 2.75) is 36.0 Å². The highest BCUT2D eigenvalue weighted by molar-refractivity contribution is 7.99. The summed E-state index contributed by atoms with van der Waals surface area (Å²) in [6, 6.07) is 6.62. The third-order valence-corrected chi connectivity index (χ3v) is 4.80. The Hall–Kier alpha value is -0.670. The molecule has 0 saturated heterocycles. The maximum absolute atomic E-state index is 6.01. The lowest BCUT2D eigenvalue weighted by Crippen LogP contribution is -2.31. The lowest BCUT2D eigenvalue weighted by Gasteiger charge is -2.28. The summed E-state index contributed by atoms with van der Waals surface area (Å²) in [7, 11) is 0. The van der Waals surface area contributed by atoms with Crippen LogP contribution in [-0.2, 0) is 5.41 Å². The van der Waals surface area contributed by atoms with Crippen molar-refractivity contribution in [1.82, 2.24) is 0 Å². The Kier molecular flexibility index (Phi) is 2.60. The number of nitrogens with two attached hydrogens (primary N) is 1. The van der Waals surface area contributed by atoms with Gasteiger partial charge in [0.25, 0.3) is 0 Å². The predicted octanol–water partition coefficient (Wildman–Crippen LogP) is 2.90. The van der Waals surface area contributed by atoms with Crippen LogP contribution < -0.4 is 10.5 Å². The van der Waals surface area contributed by atoms with Gasteiger partial charge in [0.05, 0.1) is 4.90 Å². The molecule has 0 bridgehead atoms. The molecular weight excluding hydrogens is 218 g/mol. The molecule has 1 aliphatic carbocycles. The van der Waals surface area contributed by atoms with Gasteiger partial charge >= 0.3 is 0 Å². The van der Waals surface area contributed by atoms with Crippen LogP contribution in [0.2, 0.25) is 0 Å². The Morgan fingerprint density at radius 3 is 2.88 bits per heavy atom. The lowest BCUT2D eigenvalue weighted by atomic mass is 9.79. The molecule has 0 radical (unpaired) electrons. The first-order chi connectivity index (χ1) is 7.84. The molecule has 1 aromatic rings. The van der Waals surface area contributed by atoms with E-state index >= 15 is 0 Å². The quantitative estimate of drug-likeness (QED) is 0.856. The van der Waals surface area contributed by atoms with Gasteiger partial charge in [-0.05, 0) is 30.5 Å². The Balaban J connectivity index is 1.99. The van der Waals surface area contributed by atoms with Gasteiger partial charge in [-0.25, -0.2) is 0 Å². The molecule has 16 heavy (non-hydrogen) atoms. The van der Waals surface area contributed by atoms with E-state index in [-0.39, 0.29) is 5.41 Å². The van der Waals surface area contributed by atoms with E-state index in [4.69, 9.17) is 10.5 Å². The summed E-state index contributed by atoms with van der Waals surface area (Å²) in [6.45, 7) is 0.775. The van der Waals surface area contributed by atoms with Crippen LogP contribution in [0, 0.1) is 0 Å². The molecule has 2 nitrogen and oxygen atoms in total. The minimum Gasteiger partial charge on any atom is -0.481 e. The van der Waals surface area contributed by atoms with Crippen LogP contribution in [0.4, 0.5) is 0 Å². The molecule has 0 spiro atoms. The van der Waals surface area contributed by atoms with Gasteiger partial charge in [-0.2, -0.15) is 0 Å². The number of ether oxygens (including phenoxy) is 1. The Morgan fingerprint density at radius 1 is 1.31 bits per heavy atom. The maximum Gasteiger partial charge on any atom is 0.138 e. The van der Waals surface area contributed by atoms with Gasteiger partial charge in [0.2, 0.25) is 0 Å². The topological polar surface area (TPSA) is 35.2 Å². The summed E-state index contributed by atoms with van der Waals surface area (Å²) in [5.74, 6) is 1.80. The van der Waals surface area contributed by atoms with Crippen molar-refractivity contribution in [3.8, 4) is 5.75 Å². The summed E-state index contributed by atoms with van der Waals surface area (Å²) in [5.41, 5.74) is 7.68. The summed E-state index contributed by atoms with van der Waals surface area (Å²) < 4.78 is 5.51. The minimum absolute atomic E-state index is 0.248. The van der Waals surface area contributed by atoms with Crippen LogP contribution in [-0.4, -0.2) is 12.5 Å². The molecule has 3 heteroatoms. The van der Waals surface area contributed by atoms with Gasteiger partial charge in [-0.3, -0.25) is 0 Å². The van der Waals surface area contributed by atoms with Gasteiger partial charge in [0.1, 0.15) is 11.7 Å². The number of hydrogen-bond acceptors (Lipinski definition) is 3. The molecule has 1 aromatic carbocycles. The van der Waals surface area contributed by atoms with Crippen molar-refractivity contribution in [3.63, 3.8) is 0 Å². The van der Waals surface area contributed by atoms with Crippen LogP contribution in [0.15, 0.2) is 23.1 Å². The van der Waals surface area contributed by atoms with Gasteiger partial charge in [0.15, 0.2) is 0 Å². The molecule has 2 aliphatic rings. The van der Waals surface area contributed by atoms with Crippen molar-refractivity contribution in [2.24, 2.45) is 5.73 Å². The van der Waals surface area contributed by atoms with Crippen LogP contribution in [0.5, 0.6) is 5.75 Å². The highest BCUT2D eigenvalue weighted by atomic mass is 32.2. The summed E-state index contributed by atoms with van der Waals surface area (Å²) in [6.07, 6.45) is 5.12. The highest BCUT2D eigenvalue weighted by Crippen LogP contribution is 2.44. The smallest absolute Gasteiger partial charge is 0.138 e. The first-order valence-electron chi connectivity index (χ1n) is 5.94. The van der Waals surface area contributed by atoms with Gasteiger partial charge in [-0.15, -0.1) is 0 Å². The summed E-state index contributed by atoms with van der Waals surface area (Å²) >= 11 is 1.79. The minimum atomic E-state index is 0.248. The van der Waals surface area contributed by atoms with Crippen LogP contribution in [0.1, 0.15) is 31.2 Å². The van der Waals surface area contributed by atoms with Crippen molar-refractivity contribution in [3.05, 3.63) is 23.8 Å². The zero-order valence-corrected chi connectivity index (χ0v) is 10.2. The zero-order valence-electron chi connectivity index (χ0n) is 9.37. The van der Waals surface area contributed by atoms with Gasteiger partial charge in [0, 0.05) is 12.0 Å². The van der Waals surface area contributed by atoms with Crippen molar-refractivity contribution in [2.75, 3.05) is 12.5 Å². The van der Waals surface area contributed by atoms with Crippen LogP contribution in [0.3, 0.4) is 0 Å². The summed E-state index contributed by atoms with van der Waals surface area (Å²) in [5, 5.41) is 0. The number of benzene rings is 1. The molecule has 1 aliphatic heterocycles. The average Bonchev–Trinajstić information content (AvgIpc) is 2.97. The fourth-order valence-electron chi connectivity index (χ4n) is 2.89. The van der Waals surface area contributed by atoms with E-state index in [1.807, 2.05) is 0 Å². The number of fused-ring (bicyclic) bond motifs is 1. The molecule has 1 saturated carbocycles. The Morgan fingerprint density at radius 2 is 2.12 bits per heavy atom. The van der Waals surface area contributed by atoms with Crippen molar-refractivity contribution in [1.29, 1.82) is 0 Å². The Bertz CT molecular complexity index is 399. The first-order valence-corrected chi connectivity index (χ1v) is 6.93. The van der Waals surface area contributed by atoms with E-state index in [2.05, 4.69) is 18.2 Å². The van der Waals surface area contributed by atoms with Crippen molar-refractivity contribution >= 4 is 11.8 Å². The fraction of sp³-hybridized carbons (Fsp3) is 0.538. The molecule has 2 N–H and O–H groups in total. The largest absolute Gasteiger partial charge is 0.481 e. The molecule has 0 unspecified atom stereocenters. The second kappa shape index (κ2) is 3.97. The SMILES string of the molecule is NCC1(c2ccc3c(c2)SCO3)CCCC1. The molecule has 0 amide bonds. The second-order valence-electron chi connectivity index (χ2n) is 4.76. The van der Waals surface area contributed by atoms with Crippen molar-refractivity contribution < 1.29 is 4.74 Å². The predicted molar refractivity (Wildman–Crippen MR) is 67.0 cm³/mol. The molecule has 0 aromatic heterocycles. The maximum atomic E-state index is 6.01. The molecule has 1 fully saturated rings. The molecule has 3 rings (SSSR count). The van der Waals surface area contributed by atoms with E-state index < -0.39 is 0 Å². The van der Waals surface area contributed by atoms with E-state index in [9.17, 15) is 0 Å². The lowest BCUT2D eigenvalue weighted by molar-refractivity contribution is 0.396. The van der Waals surface area contributed by atoms with E-state index in [0.717, 1.165) is 18.2 Å². The number of rotatable bonds is 2. The van der Waals surface area contributed by atoms with Gasteiger partial charge in [-0.1, -0.05) is 30.7 Å². The number of thioether (sulfide) groups is 1. The average molecular weight is 235 g/mol. The fourth-order valence-corrected chi connectivity index (χ4v) is 3.68. The third-order valence-electron chi connectivity index (χ3n) is 3.94. The zero-order chi connectivity index (χ0) is 11.0. The third kappa shape index (κ3) is 1.54. The van der Waals surface area contributed by atoms with Crippen LogP contribution in [0.25, 0.3) is 0 Å². The van der Waals surface area contributed by atoms with Gasteiger partial charge < -0.3 is 10.5 Å². The van der Waals surface area contributed by atoms with Crippen LogP contribution >= 0.6 is 11.8 Å². The standard InChI is InChI=1S/C13H17NOS/c14-8-13(5-1-2-6-13)10-3-4-11-12(7-10)16-9-15-11/h3-4,7H,1-2,5-6,8-9,14H2.